The van der Waals surface area contributed by atoms with Gasteiger partial charge in [-0.15, -0.1) is 0 Å². The van der Waals surface area contributed by atoms with Crippen molar-refractivity contribution < 1.29 is 0 Å². The SMILES string of the molecule is NC(=S)Nc1cc2[nH]c(=O)[nH]c2cc1Br. The molecule has 7 heteroatoms. The molecule has 78 valence electrons. The average Bonchev–Trinajstić information content (AvgIpc) is 2.44. The van der Waals surface area contributed by atoms with Gasteiger partial charge in [0.1, 0.15) is 0 Å². The first-order valence-electron chi connectivity index (χ1n) is 4.04. The van der Waals surface area contributed by atoms with Gasteiger partial charge in [-0.3, -0.25) is 0 Å². The molecule has 0 aliphatic rings. The minimum absolute atomic E-state index is 0.174. The summed E-state index contributed by atoms with van der Waals surface area (Å²) < 4.78 is 0.776. The third-order valence-electron chi connectivity index (χ3n) is 1.86. The van der Waals surface area contributed by atoms with E-state index in [-0.39, 0.29) is 10.8 Å². The fourth-order valence-electron chi connectivity index (χ4n) is 1.28. The smallest absolute Gasteiger partial charge is 0.323 e. The number of benzene rings is 1. The highest BCUT2D eigenvalue weighted by molar-refractivity contribution is 9.10. The molecule has 5 N–H and O–H groups in total. The van der Waals surface area contributed by atoms with Crippen LogP contribution in [0.1, 0.15) is 0 Å². The zero-order chi connectivity index (χ0) is 11.0. The van der Waals surface area contributed by atoms with Gasteiger partial charge in [-0.1, -0.05) is 0 Å². The number of nitrogens with two attached hydrogens (primary N) is 1. The van der Waals surface area contributed by atoms with Crippen LogP contribution in [0.5, 0.6) is 0 Å². The van der Waals surface area contributed by atoms with Crippen LogP contribution in [0.4, 0.5) is 5.69 Å². The number of anilines is 1. The highest BCUT2D eigenvalue weighted by Crippen LogP contribution is 2.26. The highest BCUT2D eigenvalue weighted by atomic mass is 79.9. The van der Waals surface area contributed by atoms with Gasteiger partial charge in [0.25, 0.3) is 0 Å². The van der Waals surface area contributed by atoms with E-state index < -0.39 is 0 Å². The number of fused-ring (bicyclic) bond motifs is 1. The summed E-state index contributed by atoms with van der Waals surface area (Å²) in [6, 6.07) is 3.52. The van der Waals surface area contributed by atoms with Gasteiger partial charge in [-0.25, -0.2) is 4.79 Å². The molecule has 0 aliphatic carbocycles. The van der Waals surface area contributed by atoms with Crippen molar-refractivity contribution in [3.8, 4) is 0 Å². The lowest BCUT2D eigenvalue weighted by atomic mass is 10.3. The van der Waals surface area contributed by atoms with E-state index in [0.717, 1.165) is 9.99 Å². The Balaban J connectivity index is 2.60. The van der Waals surface area contributed by atoms with Crippen LogP contribution in [0.25, 0.3) is 11.0 Å². The van der Waals surface area contributed by atoms with Crippen LogP contribution in [0.3, 0.4) is 0 Å². The van der Waals surface area contributed by atoms with Crippen LogP contribution < -0.4 is 16.7 Å². The molecule has 0 saturated heterocycles. The number of hydrogen-bond donors (Lipinski definition) is 4. The van der Waals surface area contributed by atoms with E-state index in [1.54, 1.807) is 12.1 Å². The molecular formula is C8H7BrN4OS. The van der Waals surface area contributed by atoms with E-state index in [4.69, 9.17) is 18.0 Å². The van der Waals surface area contributed by atoms with Crippen molar-refractivity contribution in [1.82, 2.24) is 9.97 Å². The van der Waals surface area contributed by atoms with E-state index in [2.05, 4.69) is 31.2 Å². The Morgan fingerprint density at radius 3 is 2.60 bits per heavy atom. The maximum atomic E-state index is 11.0. The second-order valence-corrected chi connectivity index (χ2v) is 4.24. The molecule has 2 rings (SSSR count). The number of nitrogens with one attached hydrogen (secondary N) is 3. The standard InChI is InChI=1S/C8H7BrN4OS/c9-3-1-5-6(13-8(14)12-5)2-4(3)11-7(10)15/h1-2H,(H3,10,11,15)(H2,12,13,14). The van der Waals surface area contributed by atoms with Crippen LogP contribution in [-0.4, -0.2) is 15.1 Å². The Morgan fingerprint density at radius 2 is 2.00 bits per heavy atom. The summed E-state index contributed by atoms with van der Waals surface area (Å²) in [4.78, 5) is 16.3. The van der Waals surface area contributed by atoms with Crippen molar-refractivity contribution in [2.75, 3.05) is 5.32 Å². The van der Waals surface area contributed by atoms with Gasteiger partial charge in [0.05, 0.1) is 16.7 Å². The lowest BCUT2D eigenvalue weighted by Gasteiger charge is -2.05. The number of H-pyrrole nitrogens is 2. The normalized spacial score (nSPS) is 10.5. The maximum absolute atomic E-state index is 11.0. The molecule has 0 unspecified atom stereocenters. The number of imidazole rings is 1. The molecular weight excluding hydrogens is 280 g/mol. The van der Waals surface area contributed by atoms with Gasteiger partial charge in [-0.05, 0) is 40.3 Å². The molecule has 0 fully saturated rings. The van der Waals surface area contributed by atoms with Crippen molar-refractivity contribution in [1.29, 1.82) is 0 Å². The molecule has 0 spiro atoms. The molecule has 0 saturated carbocycles. The minimum Gasteiger partial charge on any atom is -0.376 e. The Kier molecular flexibility index (Phi) is 2.49. The molecule has 0 bridgehead atoms. The second-order valence-electron chi connectivity index (χ2n) is 2.95. The molecule has 0 radical (unpaired) electrons. The second kappa shape index (κ2) is 3.67. The summed E-state index contributed by atoms with van der Waals surface area (Å²) in [5, 5.41) is 2.97. The fourth-order valence-corrected chi connectivity index (χ4v) is 1.84. The van der Waals surface area contributed by atoms with E-state index >= 15 is 0 Å². The van der Waals surface area contributed by atoms with Crippen molar-refractivity contribution in [3.05, 3.63) is 27.1 Å². The van der Waals surface area contributed by atoms with Crippen LogP contribution in [0, 0.1) is 0 Å². The first-order valence-corrected chi connectivity index (χ1v) is 5.24. The van der Waals surface area contributed by atoms with Gasteiger partial charge in [-0.2, -0.15) is 0 Å². The lowest BCUT2D eigenvalue weighted by molar-refractivity contribution is 1.21. The zero-order valence-electron chi connectivity index (χ0n) is 7.43. The highest BCUT2D eigenvalue weighted by Gasteiger charge is 2.05. The number of halogens is 1. The third kappa shape index (κ3) is 2.02. The molecule has 1 aromatic carbocycles. The summed E-state index contributed by atoms with van der Waals surface area (Å²) in [7, 11) is 0. The summed E-state index contributed by atoms with van der Waals surface area (Å²) in [5.41, 5.74) is 7.25. The number of hydrogen-bond acceptors (Lipinski definition) is 2. The van der Waals surface area contributed by atoms with Crippen molar-refractivity contribution >= 4 is 50.0 Å². The van der Waals surface area contributed by atoms with Crippen LogP contribution in [0.15, 0.2) is 21.4 Å². The number of aromatic nitrogens is 2. The predicted octanol–water partition coefficient (Wildman–Crippen LogP) is 1.27. The number of rotatable bonds is 1. The monoisotopic (exact) mass is 286 g/mol. The maximum Gasteiger partial charge on any atom is 0.323 e. The Hall–Kier alpha value is -1.34. The van der Waals surface area contributed by atoms with Gasteiger partial charge < -0.3 is 21.0 Å². The third-order valence-corrected chi connectivity index (χ3v) is 2.62. The molecule has 1 aromatic heterocycles. The first kappa shape index (κ1) is 10.2. The quantitative estimate of drug-likeness (QED) is 0.595. The first-order chi connectivity index (χ1) is 7.06. The van der Waals surface area contributed by atoms with Gasteiger partial charge >= 0.3 is 5.69 Å². The summed E-state index contributed by atoms with van der Waals surface area (Å²) in [6.07, 6.45) is 0. The average molecular weight is 287 g/mol. The summed E-state index contributed by atoms with van der Waals surface area (Å²) in [6.45, 7) is 0. The number of aromatic amines is 2. The van der Waals surface area contributed by atoms with Crippen molar-refractivity contribution in [3.63, 3.8) is 0 Å². The Labute approximate surface area is 98.2 Å². The van der Waals surface area contributed by atoms with E-state index in [0.29, 0.717) is 11.2 Å². The molecule has 1 heterocycles. The Bertz CT molecular complexity index is 588. The van der Waals surface area contributed by atoms with Gasteiger partial charge in [0, 0.05) is 4.47 Å². The summed E-state index contributed by atoms with van der Waals surface area (Å²) >= 11 is 8.07. The topological polar surface area (TPSA) is 86.7 Å². The van der Waals surface area contributed by atoms with E-state index in [1.807, 2.05) is 0 Å². The fraction of sp³-hybridized carbons (Fsp3) is 0. The van der Waals surface area contributed by atoms with Crippen LogP contribution >= 0.6 is 28.1 Å². The molecule has 15 heavy (non-hydrogen) atoms. The molecule has 5 nitrogen and oxygen atoms in total. The van der Waals surface area contributed by atoms with E-state index in [1.165, 1.54) is 0 Å². The summed E-state index contributed by atoms with van der Waals surface area (Å²) in [5.74, 6) is 0. The van der Waals surface area contributed by atoms with Crippen molar-refractivity contribution in [2.45, 2.75) is 0 Å². The molecule has 0 atom stereocenters. The van der Waals surface area contributed by atoms with Gasteiger partial charge in [0.2, 0.25) is 0 Å². The molecule has 2 aromatic rings. The van der Waals surface area contributed by atoms with Crippen LogP contribution in [-0.2, 0) is 0 Å². The lowest BCUT2D eigenvalue weighted by Crippen LogP contribution is -2.19. The largest absolute Gasteiger partial charge is 0.376 e. The van der Waals surface area contributed by atoms with Crippen molar-refractivity contribution in [2.24, 2.45) is 5.73 Å². The zero-order valence-corrected chi connectivity index (χ0v) is 9.83. The molecule has 0 aliphatic heterocycles. The minimum atomic E-state index is -0.246. The van der Waals surface area contributed by atoms with Crippen LogP contribution in [0.2, 0.25) is 0 Å². The van der Waals surface area contributed by atoms with E-state index in [9.17, 15) is 4.79 Å². The number of thiocarbonyl (C=S) groups is 1. The predicted molar refractivity (Wildman–Crippen MR) is 67.0 cm³/mol. The Morgan fingerprint density at radius 1 is 1.40 bits per heavy atom. The molecule has 0 amide bonds. The van der Waals surface area contributed by atoms with Gasteiger partial charge in [0.15, 0.2) is 5.11 Å².